The minimum atomic E-state index is -0.804. The molecule has 6 nitrogen and oxygen atoms in total. The largest absolute Gasteiger partial charge is 0.462 e. The van der Waals surface area contributed by atoms with Crippen LogP contribution in [0.4, 0.5) is 0 Å². The number of ether oxygens (including phenoxy) is 1. The Morgan fingerprint density at radius 3 is 1.33 bits per heavy atom. The first-order chi connectivity index (χ1) is 31.0. The molecule has 3 unspecified atom stereocenters. The van der Waals surface area contributed by atoms with Gasteiger partial charge in [-0.15, -0.1) is 0 Å². The predicted molar refractivity (Wildman–Crippen MR) is 273 cm³/mol. The molecule has 0 aliphatic rings. The molecule has 0 fully saturated rings. The molecule has 6 heteroatoms. The van der Waals surface area contributed by atoms with Crippen LogP contribution >= 0.6 is 0 Å². The quantitative estimate of drug-likeness (QED) is 0.0321. The molecule has 364 valence electrons. The number of hydrogen-bond acceptors (Lipinski definition) is 5. The van der Waals surface area contributed by atoms with E-state index in [4.69, 9.17) is 4.74 Å². The first-order valence-electron chi connectivity index (χ1n) is 26.7. The standard InChI is InChI=1S/C57H101NO5/c1-4-7-10-13-16-19-22-25-26-27-28-29-32-35-38-41-44-47-50-57(62)63-53(48-45-42-39-36-33-30-23-20-17-14-11-8-5-2)51-56(61)58-54(52-59)55(60)49-46-43-40-37-34-31-24-21-18-15-12-9-6-3/h8,11,14,17,20,23,26-30,33,53-55,59-60H,4-7,9-10,12-13,15-16,18-19,21-22,24-25,31-32,34-52H2,1-3H3,(H,58,61)/b11-8+,17-14+,23-20+,27-26+,29-28+,33-30-. The van der Waals surface area contributed by atoms with Gasteiger partial charge in [0.1, 0.15) is 6.10 Å². The van der Waals surface area contributed by atoms with Crippen LogP contribution in [0, 0.1) is 0 Å². The number of nitrogens with one attached hydrogen (secondary N) is 1. The van der Waals surface area contributed by atoms with Gasteiger partial charge in [0.05, 0.1) is 25.2 Å². The highest BCUT2D eigenvalue weighted by Gasteiger charge is 2.24. The summed E-state index contributed by atoms with van der Waals surface area (Å²) in [5.74, 6) is -0.531. The molecule has 0 saturated heterocycles. The molecule has 0 bridgehead atoms. The summed E-state index contributed by atoms with van der Waals surface area (Å²) in [5.41, 5.74) is 0. The van der Waals surface area contributed by atoms with Gasteiger partial charge in [-0.05, 0) is 70.6 Å². The van der Waals surface area contributed by atoms with Crippen LogP contribution in [0.2, 0.25) is 0 Å². The highest BCUT2D eigenvalue weighted by atomic mass is 16.5. The molecule has 0 aromatic carbocycles. The monoisotopic (exact) mass is 880 g/mol. The summed E-state index contributed by atoms with van der Waals surface area (Å²) in [4.78, 5) is 26.2. The summed E-state index contributed by atoms with van der Waals surface area (Å²) in [6, 6.07) is -0.720. The highest BCUT2D eigenvalue weighted by Crippen LogP contribution is 2.17. The summed E-state index contributed by atoms with van der Waals surface area (Å²) in [5, 5.41) is 23.8. The van der Waals surface area contributed by atoms with E-state index in [9.17, 15) is 19.8 Å². The molecule has 0 aromatic heterocycles. The Kier molecular flexibility index (Phi) is 48.1. The fourth-order valence-electron chi connectivity index (χ4n) is 7.84. The maximum Gasteiger partial charge on any atom is 0.306 e. The van der Waals surface area contributed by atoms with Gasteiger partial charge in [0.2, 0.25) is 5.91 Å². The second kappa shape index (κ2) is 50.3. The van der Waals surface area contributed by atoms with Gasteiger partial charge in [0.25, 0.3) is 0 Å². The molecule has 0 aliphatic carbocycles. The smallest absolute Gasteiger partial charge is 0.306 e. The van der Waals surface area contributed by atoms with Gasteiger partial charge in [-0.3, -0.25) is 9.59 Å². The summed E-state index contributed by atoms with van der Waals surface area (Å²) >= 11 is 0. The number of rotatable bonds is 47. The maximum atomic E-state index is 13.2. The van der Waals surface area contributed by atoms with E-state index in [1.54, 1.807) is 0 Å². The Morgan fingerprint density at radius 1 is 0.476 bits per heavy atom. The average Bonchev–Trinajstić information content (AvgIpc) is 3.28. The summed E-state index contributed by atoms with van der Waals surface area (Å²) in [7, 11) is 0. The number of esters is 1. The zero-order chi connectivity index (χ0) is 45.9. The van der Waals surface area contributed by atoms with Crippen LogP contribution in [-0.4, -0.2) is 46.9 Å². The Labute approximate surface area is 390 Å². The van der Waals surface area contributed by atoms with Crippen LogP contribution in [0.25, 0.3) is 0 Å². The third kappa shape index (κ3) is 45.7. The van der Waals surface area contributed by atoms with E-state index in [2.05, 4.69) is 74.7 Å². The number of unbranched alkanes of at least 4 members (excludes halogenated alkanes) is 27. The number of aliphatic hydroxyl groups excluding tert-OH is 2. The Balaban J connectivity index is 4.63. The van der Waals surface area contributed by atoms with Crippen molar-refractivity contribution in [2.24, 2.45) is 0 Å². The lowest BCUT2D eigenvalue weighted by atomic mass is 10.0. The second-order valence-corrected chi connectivity index (χ2v) is 18.0. The number of carbonyl (C=O) groups is 2. The number of allylic oxidation sites excluding steroid dienone is 12. The van der Waals surface area contributed by atoms with Crippen molar-refractivity contribution in [3.05, 3.63) is 72.9 Å². The van der Waals surface area contributed by atoms with Crippen LogP contribution in [0.5, 0.6) is 0 Å². The average molecular weight is 880 g/mol. The molecule has 0 aromatic rings. The molecular formula is C57H101NO5. The summed E-state index contributed by atoms with van der Waals surface area (Å²) in [6.07, 6.45) is 63.9. The third-order valence-electron chi connectivity index (χ3n) is 11.9. The molecule has 1 amide bonds. The lowest BCUT2D eigenvalue weighted by Gasteiger charge is -2.24. The van der Waals surface area contributed by atoms with Crippen molar-refractivity contribution in [2.45, 2.75) is 270 Å². The van der Waals surface area contributed by atoms with Crippen molar-refractivity contribution in [1.29, 1.82) is 0 Å². The Hall–Kier alpha value is -2.70. The first-order valence-corrected chi connectivity index (χ1v) is 26.7. The molecule has 3 atom stereocenters. The van der Waals surface area contributed by atoms with Crippen LogP contribution in [-0.2, 0) is 14.3 Å². The van der Waals surface area contributed by atoms with Crippen molar-refractivity contribution < 1.29 is 24.5 Å². The molecule has 63 heavy (non-hydrogen) atoms. The number of aliphatic hydroxyl groups is 2. The van der Waals surface area contributed by atoms with Gasteiger partial charge in [0, 0.05) is 6.42 Å². The fraction of sp³-hybridized carbons (Fsp3) is 0.754. The van der Waals surface area contributed by atoms with Crippen LogP contribution < -0.4 is 5.32 Å². The van der Waals surface area contributed by atoms with E-state index >= 15 is 0 Å². The van der Waals surface area contributed by atoms with Gasteiger partial charge in [-0.1, -0.05) is 241 Å². The highest BCUT2D eigenvalue weighted by molar-refractivity contribution is 5.77. The molecule has 3 N–H and O–H groups in total. The van der Waals surface area contributed by atoms with Gasteiger partial charge >= 0.3 is 5.97 Å². The molecule has 0 aliphatic heterocycles. The van der Waals surface area contributed by atoms with E-state index < -0.39 is 18.2 Å². The Morgan fingerprint density at radius 2 is 0.857 bits per heavy atom. The second-order valence-electron chi connectivity index (χ2n) is 18.0. The zero-order valence-corrected chi connectivity index (χ0v) is 41.4. The van der Waals surface area contributed by atoms with E-state index in [1.807, 2.05) is 24.3 Å². The minimum absolute atomic E-state index is 0.0428. The normalized spacial score (nSPS) is 13.8. The van der Waals surface area contributed by atoms with Crippen LogP contribution in [0.15, 0.2) is 72.9 Å². The minimum Gasteiger partial charge on any atom is -0.462 e. The lowest BCUT2D eigenvalue weighted by Crippen LogP contribution is -2.46. The number of amides is 1. The molecule has 0 saturated carbocycles. The van der Waals surface area contributed by atoms with Crippen molar-refractivity contribution in [2.75, 3.05) is 6.61 Å². The van der Waals surface area contributed by atoms with Gasteiger partial charge < -0.3 is 20.3 Å². The first kappa shape index (κ1) is 60.3. The van der Waals surface area contributed by atoms with Gasteiger partial charge in [-0.2, -0.15) is 0 Å². The SMILES string of the molecule is CC/C=C/C=C/C=C/C=C\CCCCCC(CC(=O)NC(CO)C(O)CCCCCCCCCCCCCCC)OC(=O)CCCCCCC/C=C/C=C/CCCCCCCCC. The molecule has 0 heterocycles. The van der Waals surface area contributed by atoms with Crippen molar-refractivity contribution in [3.8, 4) is 0 Å². The van der Waals surface area contributed by atoms with E-state index in [0.29, 0.717) is 19.3 Å². The third-order valence-corrected chi connectivity index (χ3v) is 11.9. The summed E-state index contributed by atoms with van der Waals surface area (Å²) < 4.78 is 5.92. The zero-order valence-electron chi connectivity index (χ0n) is 41.4. The van der Waals surface area contributed by atoms with Gasteiger partial charge in [-0.25, -0.2) is 0 Å². The van der Waals surface area contributed by atoms with Crippen molar-refractivity contribution in [3.63, 3.8) is 0 Å². The fourth-order valence-corrected chi connectivity index (χ4v) is 7.84. The Bertz CT molecular complexity index is 1170. The van der Waals surface area contributed by atoms with E-state index in [-0.39, 0.29) is 24.9 Å². The topological polar surface area (TPSA) is 95.9 Å². The molecular weight excluding hydrogens is 779 g/mol. The van der Waals surface area contributed by atoms with Crippen LogP contribution in [0.1, 0.15) is 252 Å². The van der Waals surface area contributed by atoms with E-state index in [0.717, 1.165) is 89.9 Å². The number of carbonyl (C=O) groups excluding carboxylic acids is 2. The molecule has 0 spiro atoms. The molecule has 0 rings (SSSR count). The van der Waals surface area contributed by atoms with E-state index in [1.165, 1.54) is 116 Å². The van der Waals surface area contributed by atoms with Crippen LogP contribution in [0.3, 0.4) is 0 Å². The predicted octanol–water partition coefficient (Wildman–Crippen LogP) is 16.2. The lowest BCUT2D eigenvalue weighted by molar-refractivity contribution is -0.151. The number of hydrogen-bond donors (Lipinski definition) is 3. The summed E-state index contributed by atoms with van der Waals surface area (Å²) in [6.45, 7) is 6.33. The molecule has 0 radical (unpaired) electrons. The van der Waals surface area contributed by atoms with Crippen molar-refractivity contribution in [1.82, 2.24) is 5.32 Å². The van der Waals surface area contributed by atoms with Gasteiger partial charge in [0.15, 0.2) is 0 Å². The van der Waals surface area contributed by atoms with Crippen molar-refractivity contribution >= 4 is 11.9 Å². The maximum absolute atomic E-state index is 13.2.